The van der Waals surface area contributed by atoms with Crippen LogP contribution in [0, 0.1) is 0 Å². The van der Waals surface area contributed by atoms with E-state index >= 15 is 0 Å². The van der Waals surface area contributed by atoms with E-state index < -0.39 is 11.0 Å². The van der Waals surface area contributed by atoms with E-state index in [0.29, 0.717) is 0 Å². The van der Waals surface area contributed by atoms with E-state index in [9.17, 15) is 4.21 Å². The number of H-pyrrole nitrogens is 1. The first kappa shape index (κ1) is 14.4. The summed E-state index contributed by atoms with van der Waals surface area (Å²) in [4.78, 5) is 8.27. The van der Waals surface area contributed by atoms with E-state index in [2.05, 4.69) is 26.1 Å². The first-order chi connectivity index (χ1) is 8.88. The molecule has 0 radical (unpaired) electrons. The molecule has 0 fully saturated rings. The zero-order valence-corrected chi connectivity index (χ0v) is 13.2. The monoisotopic (exact) mass is 297 g/mol. The maximum absolute atomic E-state index is 12.1. The number of nitrogens with one attached hydrogen (secondary N) is 2. The predicted octanol–water partition coefficient (Wildman–Crippen LogP) is 3.25. The van der Waals surface area contributed by atoms with Gasteiger partial charge in [-0.1, -0.05) is 0 Å². The number of thiophene rings is 1. The van der Waals surface area contributed by atoms with Crippen molar-refractivity contribution in [3.63, 3.8) is 0 Å². The van der Waals surface area contributed by atoms with E-state index in [-0.39, 0.29) is 10.8 Å². The summed E-state index contributed by atoms with van der Waals surface area (Å²) in [5.41, 5.74) is 2.12. The van der Waals surface area contributed by atoms with Crippen molar-refractivity contribution >= 4 is 22.3 Å². The molecule has 19 heavy (non-hydrogen) atoms. The third kappa shape index (κ3) is 3.52. The van der Waals surface area contributed by atoms with Gasteiger partial charge < -0.3 is 4.98 Å². The van der Waals surface area contributed by atoms with Crippen molar-refractivity contribution in [1.82, 2.24) is 14.7 Å². The van der Waals surface area contributed by atoms with Crippen LogP contribution in [0.5, 0.6) is 0 Å². The zero-order valence-electron chi connectivity index (χ0n) is 11.6. The summed E-state index contributed by atoms with van der Waals surface area (Å²) in [6, 6.07) is 2.18. The van der Waals surface area contributed by atoms with Crippen molar-refractivity contribution in [2.24, 2.45) is 0 Å². The average Bonchev–Trinajstić information content (AvgIpc) is 2.98. The predicted molar refractivity (Wildman–Crippen MR) is 81.3 cm³/mol. The Hall–Kier alpha value is -0.980. The van der Waals surface area contributed by atoms with Gasteiger partial charge >= 0.3 is 0 Å². The van der Waals surface area contributed by atoms with Crippen LogP contribution in [0.2, 0.25) is 0 Å². The summed E-state index contributed by atoms with van der Waals surface area (Å²) in [5, 5.41) is 2.08. The zero-order chi connectivity index (χ0) is 14.0. The Labute approximate surface area is 120 Å². The molecule has 1 unspecified atom stereocenters. The van der Waals surface area contributed by atoms with Crippen molar-refractivity contribution in [2.75, 3.05) is 0 Å². The third-order valence-corrected chi connectivity index (χ3v) is 5.49. The molecule has 0 bridgehead atoms. The molecule has 104 valence electrons. The number of nitrogens with zero attached hydrogens (tertiary/aromatic N) is 1. The maximum atomic E-state index is 12.1. The number of rotatable bonds is 4. The number of aromatic nitrogens is 2. The Bertz CT molecular complexity index is 555. The highest BCUT2D eigenvalue weighted by atomic mass is 32.2. The quantitative estimate of drug-likeness (QED) is 0.910. The highest BCUT2D eigenvalue weighted by Gasteiger charge is 2.22. The van der Waals surface area contributed by atoms with Gasteiger partial charge in [0.15, 0.2) is 0 Å². The fraction of sp³-hybridized carbons (Fsp3) is 0.462. The smallest absolute Gasteiger partial charge is 0.0976 e. The van der Waals surface area contributed by atoms with Gasteiger partial charge in [-0.2, -0.15) is 0 Å². The van der Waals surface area contributed by atoms with Gasteiger partial charge in [0, 0.05) is 15.8 Å². The first-order valence-corrected chi connectivity index (χ1v) is 8.16. The van der Waals surface area contributed by atoms with Crippen LogP contribution in [0.4, 0.5) is 0 Å². The molecule has 0 aliphatic heterocycles. The molecule has 2 N–H and O–H groups in total. The molecule has 6 heteroatoms. The molecule has 0 amide bonds. The molecule has 0 aliphatic rings. The summed E-state index contributed by atoms with van der Waals surface area (Å²) >= 11 is 1.66. The maximum Gasteiger partial charge on any atom is 0.0976 e. The van der Waals surface area contributed by atoms with Crippen molar-refractivity contribution in [1.29, 1.82) is 0 Å². The normalized spacial score (nSPS) is 15.4. The van der Waals surface area contributed by atoms with Crippen LogP contribution in [0.1, 0.15) is 38.6 Å². The minimum atomic E-state index is -1.06. The Kier molecular flexibility index (Phi) is 4.23. The van der Waals surface area contributed by atoms with Crippen LogP contribution in [0.15, 0.2) is 24.0 Å². The van der Waals surface area contributed by atoms with E-state index in [1.165, 1.54) is 4.88 Å². The van der Waals surface area contributed by atoms with Crippen LogP contribution in [-0.4, -0.2) is 18.9 Å². The summed E-state index contributed by atoms with van der Waals surface area (Å²) in [7, 11) is -1.06. The second-order valence-corrected chi connectivity index (χ2v) is 8.36. The van der Waals surface area contributed by atoms with Gasteiger partial charge in [-0.05, 0) is 33.8 Å². The van der Waals surface area contributed by atoms with Gasteiger partial charge in [0.2, 0.25) is 0 Å². The van der Waals surface area contributed by atoms with Crippen LogP contribution in [-0.2, 0) is 11.0 Å². The molecular formula is C13H19N3OS2. The molecule has 0 saturated heterocycles. The molecule has 4 nitrogen and oxygen atoms in total. The lowest BCUT2D eigenvalue weighted by atomic mass is 10.2. The minimum Gasteiger partial charge on any atom is -0.345 e. The van der Waals surface area contributed by atoms with Gasteiger partial charge in [-0.25, -0.2) is 13.9 Å². The van der Waals surface area contributed by atoms with Crippen LogP contribution in [0.3, 0.4) is 0 Å². The van der Waals surface area contributed by atoms with E-state index in [1.807, 2.05) is 27.7 Å². The van der Waals surface area contributed by atoms with E-state index in [1.54, 1.807) is 23.9 Å². The molecular weight excluding hydrogens is 278 g/mol. The molecule has 0 spiro atoms. The molecule has 2 heterocycles. The molecule has 2 rings (SSSR count). The second-order valence-electron chi connectivity index (χ2n) is 5.42. The molecule has 2 atom stereocenters. The Morgan fingerprint density at radius 2 is 2.21 bits per heavy atom. The SMILES string of the molecule is C[C@@H](NS(=O)C(C)(C)C)c1cc(-c2cnc[nH]2)cs1. The largest absolute Gasteiger partial charge is 0.345 e. The van der Waals surface area contributed by atoms with E-state index in [4.69, 9.17) is 0 Å². The van der Waals surface area contributed by atoms with Crippen molar-refractivity contribution in [2.45, 2.75) is 38.5 Å². The lowest BCUT2D eigenvalue weighted by Gasteiger charge is -2.21. The van der Waals surface area contributed by atoms with Crippen LogP contribution < -0.4 is 4.72 Å². The topological polar surface area (TPSA) is 57.8 Å². The molecule has 0 saturated carbocycles. The lowest BCUT2D eigenvalue weighted by molar-refractivity contribution is 0.618. The van der Waals surface area contributed by atoms with Crippen molar-refractivity contribution in [3.05, 3.63) is 28.8 Å². The first-order valence-electron chi connectivity index (χ1n) is 6.13. The molecule has 0 aliphatic carbocycles. The Morgan fingerprint density at radius 1 is 1.47 bits per heavy atom. The lowest BCUT2D eigenvalue weighted by Crippen LogP contribution is -2.34. The van der Waals surface area contributed by atoms with Crippen molar-refractivity contribution in [3.8, 4) is 11.3 Å². The number of aromatic amines is 1. The van der Waals surface area contributed by atoms with Gasteiger partial charge in [0.05, 0.1) is 40.0 Å². The number of imidazole rings is 1. The standard InChI is InChI=1S/C13H19N3OS2/c1-9(16-19(17)13(2,3)4)12-5-10(7-18-12)11-6-14-8-15-11/h5-9,16H,1-4H3,(H,14,15)/t9-,19?/m1/s1. The summed E-state index contributed by atoms with van der Waals surface area (Å²) < 4.78 is 15.0. The molecule has 2 aromatic rings. The Balaban J connectivity index is 2.09. The summed E-state index contributed by atoms with van der Waals surface area (Å²) in [5.74, 6) is 0. The third-order valence-electron chi connectivity index (χ3n) is 2.70. The molecule has 2 aromatic heterocycles. The summed E-state index contributed by atoms with van der Waals surface area (Å²) in [6.07, 6.45) is 3.47. The van der Waals surface area contributed by atoms with Gasteiger partial charge in [-0.3, -0.25) is 0 Å². The number of hydrogen-bond acceptors (Lipinski definition) is 3. The highest BCUT2D eigenvalue weighted by Crippen LogP contribution is 2.28. The summed E-state index contributed by atoms with van der Waals surface area (Å²) in [6.45, 7) is 7.93. The minimum absolute atomic E-state index is 0.0710. The highest BCUT2D eigenvalue weighted by molar-refractivity contribution is 7.84. The van der Waals surface area contributed by atoms with Gasteiger partial charge in [-0.15, -0.1) is 11.3 Å². The average molecular weight is 297 g/mol. The Morgan fingerprint density at radius 3 is 2.79 bits per heavy atom. The van der Waals surface area contributed by atoms with Crippen LogP contribution in [0.25, 0.3) is 11.3 Å². The van der Waals surface area contributed by atoms with Gasteiger partial charge in [0.1, 0.15) is 0 Å². The van der Waals surface area contributed by atoms with Gasteiger partial charge in [0.25, 0.3) is 0 Å². The molecule has 0 aromatic carbocycles. The van der Waals surface area contributed by atoms with Crippen molar-refractivity contribution < 1.29 is 4.21 Å². The second kappa shape index (κ2) is 5.56. The fourth-order valence-electron chi connectivity index (χ4n) is 1.53. The van der Waals surface area contributed by atoms with Crippen LogP contribution >= 0.6 is 11.3 Å². The number of hydrogen-bond donors (Lipinski definition) is 2. The fourth-order valence-corrected chi connectivity index (χ4v) is 3.32. The van der Waals surface area contributed by atoms with E-state index in [0.717, 1.165) is 11.3 Å².